The Morgan fingerprint density at radius 2 is 1.96 bits per heavy atom. The highest BCUT2D eigenvalue weighted by Crippen LogP contribution is 2.33. The number of benzene rings is 1. The third kappa shape index (κ3) is 3.85. The topological polar surface area (TPSA) is 97.8 Å². The third-order valence-corrected chi connectivity index (χ3v) is 7.62. The second kappa shape index (κ2) is 8.06. The number of hydrogen-bond acceptors (Lipinski definition) is 7. The summed E-state index contributed by atoms with van der Waals surface area (Å²) in [6, 6.07) is 3.63. The van der Waals surface area contributed by atoms with Crippen molar-refractivity contribution >= 4 is 32.4 Å². The van der Waals surface area contributed by atoms with Gasteiger partial charge in [-0.2, -0.15) is 4.31 Å². The summed E-state index contributed by atoms with van der Waals surface area (Å²) < 4.78 is 37.9. The molecular weight excluding hydrogens is 402 g/mol. The van der Waals surface area contributed by atoms with Crippen LogP contribution in [-0.4, -0.2) is 50.4 Å². The molecule has 1 aliphatic rings. The lowest BCUT2D eigenvalue weighted by Crippen LogP contribution is -2.43. The molecule has 2 heterocycles. The van der Waals surface area contributed by atoms with Crippen molar-refractivity contribution in [2.45, 2.75) is 37.6 Å². The first kappa shape index (κ1) is 20.6. The molecule has 1 unspecified atom stereocenters. The van der Waals surface area contributed by atoms with E-state index in [0.717, 1.165) is 10.6 Å². The molecule has 0 saturated carbocycles. The number of amides is 1. The zero-order valence-corrected chi connectivity index (χ0v) is 17.8. The molecule has 1 saturated heterocycles. The van der Waals surface area contributed by atoms with E-state index in [2.05, 4.69) is 10.3 Å². The fourth-order valence-corrected chi connectivity index (χ4v) is 5.61. The van der Waals surface area contributed by atoms with Crippen LogP contribution in [0.25, 0.3) is 0 Å². The molecule has 1 amide bonds. The molecule has 1 N–H and O–H groups in total. The predicted molar refractivity (Wildman–Crippen MR) is 107 cm³/mol. The van der Waals surface area contributed by atoms with Crippen molar-refractivity contribution in [3.05, 3.63) is 28.8 Å². The zero-order chi connectivity index (χ0) is 20.5. The first-order valence-electron chi connectivity index (χ1n) is 8.76. The predicted octanol–water partition coefficient (Wildman–Crippen LogP) is 2.57. The molecule has 2 aromatic rings. The Balaban J connectivity index is 1.85. The van der Waals surface area contributed by atoms with Gasteiger partial charge in [0.25, 0.3) is 0 Å². The van der Waals surface area contributed by atoms with Gasteiger partial charge in [0.2, 0.25) is 15.9 Å². The van der Waals surface area contributed by atoms with Gasteiger partial charge in [-0.25, -0.2) is 13.4 Å². The number of methoxy groups -OCH3 is 2. The second-order valence-electron chi connectivity index (χ2n) is 6.44. The summed E-state index contributed by atoms with van der Waals surface area (Å²) in [6.07, 6.45) is 1.07. The number of sulfonamides is 1. The standard InChI is InChI=1S/C18H23N3O5S2/c1-11-12(2)27-18(19-11)20-17(22)14-6-5-9-21(14)28(23,24)13-7-8-15(25-3)16(10-13)26-4/h7-8,10,14H,5-6,9H2,1-4H3,(H,19,20,22). The molecule has 1 atom stereocenters. The lowest BCUT2D eigenvalue weighted by atomic mass is 10.2. The number of anilines is 1. The van der Waals surface area contributed by atoms with E-state index in [1.54, 1.807) is 0 Å². The van der Waals surface area contributed by atoms with Gasteiger partial charge in [0.1, 0.15) is 6.04 Å². The summed E-state index contributed by atoms with van der Waals surface area (Å²) in [7, 11) is -0.942. The van der Waals surface area contributed by atoms with Crippen LogP contribution in [0.4, 0.5) is 5.13 Å². The number of rotatable bonds is 6. The summed E-state index contributed by atoms with van der Waals surface area (Å²) in [4.78, 5) is 18.1. The molecule has 3 rings (SSSR count). The fourth-order valence-electron chi connectivity index (χ4n) is 3.12. The Kier molecular flexibility index (Phi) is 5.92. The number of hydrogen-bond donors (Lipinski definition) is 1. The van der Waals surface area contributed by atoms with Crippen molar-refractivity contribution in [2.24, 2.45) is 0 Å². The van der Waals surface area contributed by atoms with Crippen molar-refractivity contribution in [1.29, 1.82) is 0 Å². The van der Waals surface area contributed by atoms with Gasteiger partial charge in [-0.1, -0.05) is 0 Å². The van der Waals surface area contributed by atoms with Crippen molar-refractivity contribution < 1.29 is 22.7 Å². The largest absolute Gasteiger partial charge is 0.493 e. The minimum absolute atomic E-state index is 0.0609. The van der Waals surface area contributed by atoms with Gasteiger partial charge < -0.3 is 14.8 Å². The smallest absolute Gasteiger partial charge is 0.244 e. The highest BCUT2D eigenvalue weighted by Gasteiger charge is 2.40. The lowest BCUT2D eigenvalue weighted by molar-refractivity contribution is -0.119. The number of carbonyl (C=O) groups excluding carboxylic acids is 1. The number of aryl methyl sites for hydroxylation is 2. The Hall–Kier alpha value is -2.17. The van der Waals surface area contributed by atoms with Gasteiger partial charge in [-0.3, -0.25) is 4.79 Å². The minimum atomic E-state index is -3.87. The monoisotopic (exact) mass is 425 g/mol. The van der Waals surface area contributed by atoms with Crippen LogP contribution in [0.2, 0.25) is 0 Å². The SMILES string of the molecule is COc1ccc(S(=O)(=O)N2CCCC2C(=O)Nc2nc(C)c(C)s2)cc1OC. The molecule has 28 heavy (non-hydrogen) atoms. The van der Waals surface area contributed by atoms with E-state index in [4.69, 9.17) is 9.47 Å². The van der Waals surface area contributed by atoms with Crippen LogP contribution >= 0.6 is 11.3 Å². The summed E-state index contributed by atoms with van der Waals surface area (Å²) >= 11 is 1.37. The average molecular weight is 426 g/mol. The van der Waals surface area contributed by atoms with E-state index >= 15 is 0 Å². The van der Waals surface area contributed by atoms with E-state index in [0.29, 0.717) is 29.5 Å². The molecule has 1 aromatic heterocycles. The zero-order valence-electron chi connectivity index (χ0n) is 16.2. The summed E-state index contributed by atoms with van der Waals surface area (Å²) in [5.41, 5.74) is 0.849. The molecule has 152 valence electrons. The Labute approximate surface area is 168 Å². The van der Waals surface area contributed by atoms with Gasteiger partial charge in [-0.05, 0) is 38.8 Å². The number of ether oxygens (including phenoxy) is 2. The van der Waals surface area contributed by atoms with Crippen molar-refractivity contribution in [2.75, 3.05) is 26.1 Å². The van der Waals surface area contributed by atoms with Crippen LogP contribution in [0.15, 0.2) is 23.1 Å². The molecule has 1 aromatic carbocycles. The van der Waals surface area contributed by atoms with E-state index in [1.807, 2.05) is 13.8 Å². The van der Waals surface area contributed by atoms with Crippen molar-refractivity contribution in [1.82, 2.24) is 9.29 Å². The number of nitrogens with one attached hydrogen (secondary N) is 1. The number of aromatic nitrogens is 1. The molecule has 1 fully saturated rings. The quantitative estimate of drug-likeness (QED) is 0.764. The van der Waals surface area contributed by atoms with E-state index in [9.17, 15) is 13.2 Å². The molecule has 0 bridgehead atoms. The van der Waals surface area contributed by atoms with Gasteiger partial charge in [-0.15, -0.1) is 11.3 Å². The molecule has 0 aliphatic carbocycles. The van der Waals surface area contributed by atoms with Gasteiger partial charge in [0.15, 0.2) is 16.6 Å². The third-order valence-electron chi connectivity index (χ3n) is 4.73. The second-order valence-corrected chi connectivity index (χ2v) is 9.53. The average Bonchev–Trinajstić information content (AvgIpc) is 3.28. The van der Waals surface area contributed by atoms with Crippen LogP contribution in [0.3, 0.4) is 0 Å². The molecule has 10 heteroatoms. The Bertz CT molecular complexity index is 968. The molecule has 0 spiro atoms. The normalized spacial score (nSPS) is 17.5. The number of thiazole rings is 1. The van der Waals surface area contributed by atoms with Gasteiger partial charge in [0, 0.05) is 17.5 Å². The summed E-state index contributed by atoms with van der Waals surface area (Å²) in [5.74, 6) is 0.388. The molecule has 0 radical (unpaired) electrons. The number of nitrogens with zero attached hydrogens (tertiary/aromatic N) is 2. The van der Waals surface area contributed by atoms with E-state index in [-0.39, 0.29) is 17.3 Å². The van der Waals surface area contributed by atoms with Crippen molar-refractivity contribution in [3.8, 4) is 11.5 Å². The maximum absolute atomic E-state index is 13.2. The molecular formula is C18H23N3O5S2. The fraction of sp³-hybridized carbons (Fsp3) is 0.444. The van der Waals surface area contributed by atoms with Gasteiger partial charge in [0.05, 0.1) is 24.8 Å². The Morgan fingerprint density at radius 3 is 2.57 bits per heavy atom. The van der Waals surface area contributed by atoms with Crippen LogP contribution in [-0.2, 0) is 14.8 Å². The number of carbonyl (C=O) groups is 1. The van der Waals surface area contributed by atoms with E-state index in [1.165, 1.54) is 48.1 Å². The lowest BCUT2D eigenvalue weighted by Gasteiger charge is -2.23. The van der Waals surface area contributed by atoms with Crippen LogP contribution in [0, 0.1) is 13.8 Å². The van der Waals surface area contributed by atoms with Crippen LogP contribution in [0.5, 0.6) is 11.5 Å². The minimum Gasteiger partial charge on any atom is -0.493 e. The maximum atomic E-state index is 13.2. The molecule has 1 aliphatic heterocycles. The van der Waals surface area contributed by atoms with Crippen LogP contribution in [0.1, 0.15) is 23.4 Å². The van der Waals surface area contributed by atoms with Crippen molar-refractivity contribution in [3.63, 3.8) is 0 Å². The maximum Gasteiger partial charge on any atom is 0.244 e. The van der Waals surface area contributed by atoms with Gasteiger partial charge >= 0.3 is 0 Å². The summed E-state index contributed by atoms with van der Waals surface area (Å²) in [5, 5.41) is 3.24. The highest BCUT2D eigenvalue weighted by atomic mass is 32.2. The summed E-state index contributed by atoms with van der Waals surface area (Å²) in [6.45, 7) is 4.07. The molecule has 8 nitrogen and oxygen atoms in total. The van der Waals surface area contributed by atoms with E-state index < -0.39 is 16.1 Å². The van der Waals surface area contributed by atoms with Crippen LogP contribution < -0.4 is 14.8 Å². The highest BCUT2D eigenvalue weighted by molar-refractivity contribution is 7.89. The first-order valence-corrected chi connectivity index (χ1v) is 11.0. The first-order chi connectivity index (χ1) is 13.3. The Morgan fingerprint density at radius 1 is 1.25 bits per heavy atom.